The quantitative estimate of drug-likeness (QED) is 0.747. The van der Waals surface area contributed by atoms with Crippen molar-refractivity contribution in [2.75, 3.05) is 6.54 Å². The molecule has 0 aliphatic carbocycles. The van der Waals surface area contributed by atoms with Crippen LogP contribution in [-0.2, 0) is 6.54 Å². The molecule has 15 heavy (non-hydrogen) atoms. The number of hydrogen-bond donors (Lipinski definition) is 1. The lowest BCUT2D eigenvalue weighted by Crippen LogP contribution is -2.34. The molecule has 1 aliphatic rings. The average Bonchev–Trinajstić information content (AvgIpc) is 2.25. The van der Waals surface area contributed by atoms with Gasteiger partial charge in [-0.25, -0.2) is 0 Å². The first kappa shape index (κ1) is 10.2. The maximum absolute atomic E-state index is 9.19. The Kier molecular flexibility index (Phi) is 3.07. The van der Waals surface area contributed by atoms with Gasteiger partial charge in [-0.1, -0.05) is 24.3 Å². The third-order valence-corrected chi connectivity index (χ3v) is 2.93. The van der Waals surface area contributed by atoms with Crippen molar-refractivity contribution in [3.05, 3.63) is 42.0 Å². The Hall–Kier alpha value is -1.28. The van der Waals surface area contributed by atoms with E-state index in [2.05, 4.69) is 24.0 Å². The lowest BCUT2D eigenvalue weighted by Gasteiger charge is -2.30. The average molecular weight is 203 g/mol. The zero-order chi connectivity index (χ0) is 10.7. The summed E-state index contributed by atoms with van der Waals surface area (Å²) < 4.78 is 0. The molecule has 1 atom stereocenters. The van der Waals surface area contributed by atoms with Crippen molar-refractivity contribution < 1.29 is 5.11 Å². The van der Waals surface area contributed by atoms with Crippen molar-refractivity contribution in [1.82, 2.24) is 4.90 Å². The zero-order valence-corrected chi connectivity index (χ0v) is 9.06. The molecule has 0 bridgehead atoms. The normalized spacial score (nSPS) is 21.8. The predicted octanol–water partition coefficient (Wildman–Crippen LogP) is 2.54. The first-order valence-corrected chi connectivity index (χ1v) is 5.42. The molecule has 1 aliphatic heterocycles. The molecule has 1 N–H and O–H groups in total. The summed E-state index contributed by atoms with van der Waals surface area (Å²) in [5.74, 6) is 0.338. The Morgan fingerprint density at radius 2 is 2.00 bits per heavy atom. The van der Waals surface area contributed by atoms with E-state index in [0.717, 1.165) is 19.5 Å². The van der Waals surface area contributed by atoms with E-state index < -0.39 is 0 Å². The summed E-state index contributed by atoms with van der Waals surface area (Å²) in [6.45, 7) is 4.25. The minimum Gasteiger partial charge on any atom is -0.508 e. The number of phenolic OH excluding ortho intramolecular Hbond substituents is 1. The minimum atomic E-state index is 0.338. The van der Waals surface area contributed by atoms with Gasteiger partial charge in [-0.3, -0.25) is 4.90 Å². The van der Waals surface area contributed by atoms with Crippen molar-refractivity contribution in [3.63, 3.8) is 0 Å². The topological polar surface area (TPSA) is 23.5 Å². The highest BCUT2D eigenvalue weighted by Crippen LogP contribution is 2.16. The third kappa shape index (κ3) is 2.60. The lowest BCUT2D eigenvalue weighted by molar-refractivity contribution is 0.214. The standard InChI is InChI=1S/C13H17NO/c1-11-4-2-3-9-14(11)10-12-5-7-13(15)8-6-12/h2-3,5-8,11,15H,4,9-10H2,1H3. The first-order valence-electron chi connectivity index (χ1n) is 5.42. The first-order chi connectivity index (χ1) is 7.25. The molecule has 0 aromatic heterocycles. The summed E-state index contributed by atoms with van der Waals surface area (Å²) in [6, 6.07) is 8.09. The van der Waals surface area contributed by atoms with Crippen LogP contribution in [0.25, 0.3) is 0 Å². The summed E-state index contributed by atoms with van der Waals surface area (Å²) in [5, 5.41) is 9.19. The molecular weight excluding hydrogens is 186 g/mol. The van der Waals surface area contributed by atoms with Crippen LogP contribution in [0.2, 0.25) is 0 Å². The van der Waals surface area contributed by atoms with E-state index in [1.165, 1.54) is 5.56 Å². The van der Waals surface area contributed by atoms with Crippen molar-refractivity contribution >= 4 is 0 Å². The van der Waals surface area contributed by atoms with Gasteiger partial charge in [0.25, 0.3) is 0 Å². The molecule has 80 valence electrons. The summed E-state index contributed by atoms with van der Waals surface area (Å²) in [4.78, 5) is 2.44. The molecule has 1 aromatic rings. The van der Waals surface area contributed by atoms with Crippen LogP contribution >= 0.6 is 0 Å². The summed E-state index contributed by atoms with van der Waals surface area (Å²) in [6.07, 6.45) is 5.61. The second-order valence-electron chi connectivity index (χ2n) is 4.15. The Bertz CT molecular complexity index is 342. The zero-order valence-electron chi connectivity index (χ0n) is 9.06. The molecule has 2 rings (SSSR count). The number of aromatic hydroxyl groups is 1. The number of nitrogens with zero attached hydrogens (tertiary/aromatic N) is 1. The molecule has 2 heteroatoms. The van der Waals surface area contributed by atoms with Gasteiger partial charge in [-0.15, -0.1) is 0 Å². The van der Waals surface area contributed by atoms with E-state index in [-0.39, 0.29) is 0 Å². The predicted molar refractivity (Wildman–Crippen MR) is 61.7 cm³/mol. The number of hydrogen-bond acceptors (Lipinski definition) is 2. The molecule has 1 heterocycles. The fourth-order valence-electron chi connectivity index (χ4n) is 1.89. The SMILES string of the molecule is CC1CC=CCN1Cc1ccc(O)cc1. The van der Waals surface area contributed by atoms with Crippen molar-refractivity contribution in [3.8, 4) is 5.75 Å². The van der Waals surface area contributed by atoms with Gasteiger partial charge in [0.1, 0.15) is 5.75 Å². The van der Waals surface area contributed by atoms with Crippen LogP contribution in [0.4, 0.5) is 0 Å². The Labute approximate surface area is 90.8 Å². The van der Waals surface area contributed by atoms with E-state index >= 15 is 0 Å². The molecule has 0 spiro atoms. The fourth-order valence-corrected chi connectivity index (χ4v) is 1.89. The maximum Gasteiger partial charge on any atom is 0.115 e. The van der Waals surface area contributed by atoms with E-state index in [9.17, 15) is 5.11 Å². The highest BCUT2D eigenvalue weighted by Gasteiger charge is 2.14. The molecule has 1 unspecified atom stereocenters. The lowest BCUT2D eigenvalue weighted by atomic mass is 10.1. The minimum absolute atomic E-state index is 0.338. The Balaban J connectivity index is 2.02. The van der Waals surface area contributed by atoms with Crippen molar-refractivity contribution in [2.45, 2.75) is 25.9 Å². The Morgan fingerprint density at radius 3 is 2.67 bits per heavy atom. The van der Waals surface area contributed by atoms with Gasteiger partial charge in [-0.05, 0) is 31.0 Å². The monoisotopic (exact) mass is 203 g/mol. The smallest absolute Gasteiger partial charge is 0.115 e. The van der Waals surface area contributed by atoms with Crippen LogP contribution in [0.3, 0.4) is 0 Å². The van der Waals surface area contributed by atoms with Crippen molar-refractivity contribution in [2.24, 2.45) is 0 Å². The molecule has 0 amide bonds. The second kappa shape index (κ2) is 4.49. The van der Waals surface area contributed by atoms with Crippen LogP contribution in [-0.4, -0.2) is 22.6 Å². The molecule has 1 aromatic carbocycles. The van der Waals surface area contributed by atoms with Gasteiger partial charge < -0.3 is 5.11 Å². The van der Waals surface area contributed by atoms with Crippen molar-refractivity contribution in [1.29, 1.82) is 0 Å². The molecular formula is C13H17NO. The highest BCUT2D eigenvalue weighted by molar-refractivity contribution is 5.26. The fraction of sp³-hybridized carbons (Fsp3) is 0.385. The summed E-state index contributed by atoms with van der Waals surface area (Å²) in [5.41, 5.74) is 1.26. The van der Waals surface area contributed by atoms with Gasteiger partial charge in [0.05, 0.1) is 0 Å². The van der Waals surface area contributed by atoms with E-state index in [1.54, 1.807) is 12.1 Å². The molecule has 0 saturated carbocycles. The summed E-state index contributed by atoms with van der Waals surface area (Å²) in [7, 11) is 0. The third-order valence-electron chi connectivity index (χ3n) is 2.93. The van der Waals surface area contributed by atoms with E-state index in [0.29, 0.717) is 11.8 Å². The van der Waals surface area contributed by atoms with Gasteiger partial charge >= 0.3 is 0 Å². The molecule has 0 radical (unpaired) electrons. The highest BCUT2D eigenvalue weighted by atomic mass is 16.3. The van der Waals surface area contributed by atoms with Crippen LogP contribution < -0.4 is 0 Å². The van der Waals surface area contributed by atoms with Crippen LogP contribution in [0, 0.1) is 0 Å². The van der Waals surface area contributed by atoms with Gasteiger partial charge in [0.2, 0.25) is 0 Å². The van der Waals surface area contributed by atoms with Gasteiger partial charge in [0, 0.05) is 19.1 Å². The second-order valence-corrected chi connectivity index (χ2v) is 4.15. The largest absolute Gasteiger partial charge is 0.508 e. The number of phenols is 1. The van der Waals surface area contributed by atoms with Crippen LogP contribution in [0.5, 0.6) is 5.75 Å². The van der Waals surface area contributed by atoms with E-state index in [4.69, 9.17) is 0 Å². The summed E-state index contributed by atoms with van der Waals surface area (Å²) >= 11 is 0. The Morgan fingerprint density at radius 1 is 1.27 bits per heavy atom. The van der Waals surface area contributed by atoms with Crippen LogP contribution in [0.1, 0.15) is 18.9 Å². The molecule has 0 fully saturated rings. The molecule has 2 nitrogen and oxygen atoms in total. The maximum atomic E-state index is 9.19. The number of benzene rings is 1. The van der Waals surface area contributed by atoms with Gasteiger partial charge in [-0.2, -0.15) is 0 Å². The van der Waals surface area contributed by atoms with Crippen LogP contribution in [0.15, 0.2) is 36.4 Å². The number of rotatable bonds is 2. The van der Waals surface area contributed by atoms with Gasteiger partial charge in [0.15, 0.2) is 0 Å². The molecule has 0 saturated heterocycles. The van der Waals surface area contributed by atoms with E-state index in [1.807, 2.05) is 12.1 Å².